The molecule has 0 heterocycles. The van der Waals surface area contributed by atoms with Crippen molar-refractivity contribution in [1.29, 1.82) is 0 Å². The molecule has 0 aromatic rings. The Morgan fingerprint density at radius 3 is 2.14 bits per heavy atom. The molecule has 0 aromatic heterocycles. The van der Waals surface area contributed by atoms with Gasteiger partial charge in [-0.15, -0.1) is 0 Å². The molecule has 8 heteroatoms. The van der Waals surface area contributed by atoms with Crippen molar-refractivity contribution >= 4 is 17.9 Å². The van der Waals surface area contributed by atoms with Crippen LogP contribution in [-0.2, 0) is 28.6 Å². The van der Waals surface area contributed by atoms with Crippen molar-refractivity contribution < 1.29 is 38.8 Å². The molecular formula is C13H20O8. The van der Waals surface area contributed by atoms with Crippen molar-refractivity contribution in [2.45, 2.75) is 32.3 Å². The second-order valence-electron chi connectivity index (χ2n) is 4.59. The van der Waals surface area contributed by atoms with Crippen LogP contribution in [0.1, 0.15) is 26.7 Å². The topological polar surface area (TPSA) is 119 Å². The summed E-state index contributed by atoms with van der Waals surface area (Å²) in [6, 6.07) is 0. The van der Waals surface area contributed by atoms with Gasteiger partial charge in [-0.05, 0) is 19.4 Å². The minimum absolute atomic E-state index is 0.0761. The maximum Gasteiger partial charge on any atom is 0.336 e. The average Bonchev–Trinajstić information content (AvgIpc) is 2.36. The lowest BCUT2D eigenvalue weighted by molar-refractivity contribution is -0.172. The Hall–Kier alpha value is -1.93. The number of allylic oxidation sites excluding steroid dienone is 1. The van der Waals surface area contributed by atoms with Crippen LogP contribution < -0.4 is 0 Å². The number of aliphatic carboxylic acids is 1. The molecule has 0 amide bonds. The number of esters is 2. The van der Waals surface area contributed by atoms with Gasteiger partial charge in [0.15, 0.2) is 5.60 Å². The summed E-state index contributed by atoms with van der Waals surface area (Å²) in [6.45, 7) is 3.40. The summed E-state index contributed by atoms with van der Waals surface area (Å²) in [4.78, 5) is 33.9. The van der Waals surface area contributed by atoms with Crippen LogP contribution in [0.3, 0.4) is 0 Å². The van der Waals surface area contributed by atoms with Gasteiger partial charge in [0, 0.05) is 7.11 Å². The van der Waals surface area contributed by atoms with E-state index in [1.54, 1.807) is 13.8 Å². The van der Waals surface area contributed by atoms with Gasteiger partial charge in [-0.3, -0.25) is 9.59 Å². The fraction of sp³-hybridized carbons (Fsp3) is 0.615. The first kappa shape index (κ1) is 19.1. The van der Waals surface area contributed by atoms with Crippen LogP contribution in [0.15, 0.2) is 11.8 Å². The SMILES string of the molecule is COCCOC(=O)CC(O)(CC(=O)OC=C(C)C)C(=O)O. The fourth-order valence-corrected chi connectivity index (χ4v) is 1.21. The maximum absolute atomic E-state index is 11.4. The van der Waals surface area contributed by atoms with Gasteiger partial charge < -0.3 is 24.4 Å². The monoisotopic (exact) mass is 304 g/mol. The molecule has 0 aromatic carbocycles. The van der Waals surface area contributed by atoms with E-state index in [1.807, 2.05) is 0 Å². The largest absolute Gasteiger partial charge is 0.479 e. The van der Waals surface area contributed by atoms with E-state index >= 15 is 0 Å². The molecule has 2 N–H and O–H groups in total. The molecule has 0 spiro atoms. The first-order valence-corrected chi connectivity index (χ1v) is 6.14. The highest BCUT2D eigenvalue weighted by atomic mass is 16.6. The Bertz CT molecular complexity index is 410. The Kier molecular flexibility index (Phi) is 8.25. The molecule has 0 bridgehead atoms. The number of methoxy groups -OCH3 is 1. The predicted octanol–water partition coefficient (Wildman–Crippen LogP) is 0.239. The Morgan fingerprint density at radius 1 is 1.10 bits per heavy atom. The fourth-order valence-electron chi connectivity index (χ4n) is 1.21. The van der Waals surface area contributed by atoms with Gasteiger partial charge in [0.1, 0.15) is 6.61 Å². The number of rotatable bonds is 9. The Morgan fingerprint density at radius 2 is 1.67 bits per heavy atom. The summed E-state index contributed by atoms with van der Waals surface area (Å²) in [5.74, 6) is -3.63. The Labute approximate surface area is 122 Å². The van der Waals surface area contributed by atoms with Gasteiger partial charge in [0.2, 0.25) is 0 Å². The second-order valence-corrected chi connectivity index (χ2v) is 4.59. The molecule has 120 valence electrons. The molecular weight excluding hydrogens is 284 g/mol. The third kappa shape index (κ3) is 8.05. The van der Waals surface area contributed by atoms with Crippen LogP contribution in [-0.4, -0.2) is 54.0 Å². The van der Waals surface area contributed by atoms with E-state index in [9.17, 15) is 19.5 Å². The van der Waals surface area contributed by atoms with Gasteiger partial charge in [-0.1, -0.05) is 0 Å². The molecule has 8 nitrogen and oxygen atoms in total. The second kappa shape index (κ2) is 9.09. The standard InChI is InChI=1S/C13H20O8/c1-9(2)8-21-11(15)7-13(18,12(16)17)6-10(14)20-5-4-19-3/h8,18H,4-7H2,1-3H3,(H,16,17). The summed E-state index contributed by atoms with van der Waals surface area (Å²) in [5, 5.41) is 18.9. The van der Waals surface area contributed by atoms with Crippen LogP contribution in [0.2, 0.25) is 0 Å². The van der Waals surface area contributed by atoms with Crippen LogP contribution in [0.25, 0.3) is 0 Å². The number of carbonyl (C=O) groups excluding carboxylic acids is 2. The normalized spacial score (nSPS) is 13.0. The van der Waals surface area contributed by atoms with Crippen LogP contribution >= 0.6 is 0 Å². The van der Waals surface area contributed by atoms with E-state index in [-0.39, 0.29) is 13.2 Å². The maximum atomic E-state index is 11.4. The summed E-state index contributed by atoms with van der Waals surface area (Å²) in [7, 11) is 1.40. The molecule has 0 saturated heterocycles. The van der Waals surface area contributed by atoms with Crippen molar-refractivity contribution in [2.75, 3.05) is 20.3 Å². The van der Waals surface area contributed by atoms with Crippen molar-refractivity contribution in [3.63, 3.8) is 0 Å². The summed E-state index contributed by atoms with van der Waals surface area (Å²) in [5.41, 5.74) is -1.89. The lowest BCUT2D eigenvalue weighted by Gasteiger charge is -2.21. The highest BCUT2D eigenvalue weighted by Gasteiger charge is 2.41. The third-order valence-electron chi connectivity index (χ3n) is 2.25. The zero-order chi connectivity index (χ0) is 16.5. The van der Waals surface area contributed by atoms with Crippen molar-refractivity contribution in [2.24, 2.45) is 0 Å². The van der Waals surface area contributed by atoms with Gasteiger partial charge in [-0.25, -0.2) is 4.79 Å². The molecule has 21 heavy (non-hydrogen) atoms. The van der Waals surface area contributed by atoms with Crippen LogP contribution in [0, 0.1) is 0 Å². The van der Waals surface area contributed by atoms with Gasteiger partial charge >= 0.3 is 17.9 Å². The number of carboxylic acid groups (broad SMARTS) is 1. The van der Waals surface area contributed by atoms with Crippen molar-refractivity contribution in [3.8, 4) is 0 Å². The summed E-state index contributed by atoms with van der Waals surface area (Å²) >= 11 is 0. The van der Waals surface area contributed by atoms with E-state index in [0.717, 1.165) is 6.26 Å². The number of carbonyl (C=O) groups is 3. The van der Waals surface area contributed by atoms with Crippen LogP contribution in [0.4, 0.5) is 0 Å². The molecule has 0 aliphatic heterocycles. The van der Waals surface area contributed by atoms with Crippen molar-refractivity contribution in [1.82, 2.24) is 0 Å². The third-order valence-corrected chi connectivity index (χ3v) is 2.25. The number of hydrogen-bond donors (Lipinski definition) is 2. The predicted molar refractivity (Wildman–Crippen MR) is 70.2 cm³/mol. The van der Waals surface area contributed by atoms with Gasteiger partial charge in [0.05, 0.1) is 25.7 Å². The molecule has 0 fully saturated rings. The van der Waals surface area contributed by atoms with Crippen molar-refractivity contribution in [3.05, 3.63) is 11.8 Å². The van der Waals surface area contributed by atoms with E-state index < -0.39 is 36.4 Å². The zero-order valence-corrected chi connectivity index (χ0v) is 12.2. The highest BCUT2D eigenvalue weighted by molar-refractivity contribution is 5.89. The average molecular weight is 304 g/mol. The van der Waals surface area contributed by atoms with E-state index in [4.69, 9.17) is 5.11 Å². The minimum atomic E-state index is -2.57. The van der Waals surface area contributed by atoms with E-state index in [0.29, 0.717) is 5.57 Å². The smallest absolute Gasteiger partial charge is 0.336 e. The minimum Gasteiger partial charge on any atom is -0.479 e. The lowest BCUT2D eigenvalue weighted by atomic mass is 9.96. The zero-order valence-electron chi connectivity index (χ0n) is 12.2. The Balaban J connectivity index is 4.62. The first-order valence-electron chi connectivity index (χ1n) is 6.14. The van der Waals surface area contributed by atoms with E-state index in [2.05, 4.69) is 14.2 Å². The van der Waals surface area contributed by atoms with Crippen LogP contribution in [0.5, 0.6) is 0 Å². The lowest BCUT2D eigenvalue weighted by Crippen LogP contribution is -2.43. The van der Waals surface area contributed by atoms with E-state index in [1.165, 1.54) is 7.11 Å². The molecule has 1 atom stereocenters. The number of carboxylic acids is 1. The summed E-state index contributed by atoms with van der Waals surface area (Å²) in [6.07, 6.45) is -0.608. The highest BCUT2D eigenvalue weighted by Crippen LogP contribution is 2.18. The number of aliphatic hydroxyl groups is 1. The number of ether oxygens (including phenoxy) is 3. The molecule has 0 saturated carbocycles. The quantitative estimate of drug-likeness (QED) is 0.353. The molecule has 0 radical (unpaired) electrons. The van der Waals surface area contributed by atoms with Gasteiger partial charge in [-0.2, -0.15) is 0 Å². The molecule has 0 aliphatic rings. The first-order chi connectivity index (χ1) is 9.71. The summed E-state index contributed by atoms with van der Waals surface area (Å²) < 4.78 is 13.9. The molecule has 0 rings (SSSR count). The number of hydrogen-bond acceptors (Lipinski definition) is 7. The van der Waals surface area contributed by atoms with Gasteiger partial charge in [0.25, 0.3) is 0 Å². The molecule has 0 aliphatic carbocycles. The molecule has 1 unspecified atom stereocenters.